The molecular formula is C20H17FN4O2. The first-order chi connectivity index (χ1) is 13.1. The molecule has 3 aromatic rings. The summed E-state index contributed by atoms with van der Waals surface area (Å²) < 4.78 is 20.5. The lowest BCUT2D eigenvalue weighted by Crippen LogP contribution is -2.29. The maximum Gasteiger partial charge on any atom is 0.338 e. The molecule has 0 amide bonds. The Labute approximate surface area is 155 Å². The molecule has 0 spiro atoms. The molecule has 6 nitrogen and oxygen atoms in total. The molecular weight excluding hydrogens is 347 g/mol. The number of nitrogens with one attached hydrogen (secondary N) is 1. The Morgan fingerprint density at radius 2 is 1.93 bits per heavy atom. The molecule has 4 rings (SSSR count). The van der Waals surface area contributed by atoms with E-state index in [4.69, 9.17) is 4.74 Å². The van der Waals surface area contributed by atoms with Gasteiger partial charge in [0.25, 0.3) is 0 Å². The molecule has 0 bridgehead atoms. The van der Waals surface area contributed by atoms with Crippen LogP contribution in [0, 0.1) is 5.82 Å². The van der Waals surface area contributed by atoms with Gasteiger partial charge in [-0.25, -0.2) is 13.9 Å². The predicted molar refractivity (Wildman–Crippen MR) is 97.1 cm³/mol. The van der Waals surface area contributed by atoms with Crippen molar-refractivity contribution >= 4 is 11.9 Å². The van der Waals surface area contributed by atoms with E-state index in [1.165, 1.54) is 18.5 Å². The molecule has 0 saturated heterocycles. The number of benzene rings is 2. The van der Waals surface area contributed by atoms with Crippen LogP contribution < -0.4 is 5.32 Å². The molecule has 2 aromatic carbocycles. The van der Waals surface area contributed by atoms with Crippen LogP contribution >= 0.6 is 0 Å². The fourth-order valence-corrected chi connectivity index (χ4v) is 3.11. The summed E-state index contributed by atoms with van der Waals surface area (Å²) in [5.74, 6) is -0.291. The number of nitrogens with zero attached hydrogens (tertiary/aromatic N) is 3. The van der Waals surface area contributed by atoms with Crippen LogP contribution in [0.25, 0.3) is 0 Å². The quantitative estimate of drug-likeness (QED) is 0.718. The normalized spacial score (nSPS) is 15.9. The molecule has 0 aliphatic carbocycles. The predicted octanol–water partition coefficient (Wildman–Crippen LogP) is 3.45. The Morgan fingerprint density at radius 3 is 2.67 bits per heavy atom. The van der Waals surface area contributed by atoms with Gasteiger partial charge < -0.3 is 10.1 Å². The van der Waals surface area contributed by atoms with E-state index in [2.05, 4.69) is 15.4 Å². The highest BCUT2D eigenvalue weighted by Gasteiger charge is 2.34. The number of halogens is 1. The third-order valence-electron chi connectivity index (χ3n) is 4.41. The molecule has 1 aromatic heterocycles. The minimum absolute atomic E-state index is 0.163. The molecule has 2 heterocycles. The van der Waals surface area contributed by atoms with Gasteiger partial charge in [-0.15, -0.1) is 0 Å². The summed E-state index contributed by atoms with van der Waals surface area (Å²) in [6, 6.07) is 14.9. The number of hydrogen-bond donors (Lipinski definition) is 1. The maximum absolute atomic E-state index is 13.4. The number of anilines is 1. The van der Waals surface area contributed by atoms with Gasteiger partial charge >= 0.3 is 5.97 Å². The van der Waals surface area contributed by atoms with Gasteiger partial charge in [-0.1, -0.05) is 42.5 Å². The van der Waals surface area contributed by atoms with E-state index in [0.717, 1.165) is 11.1 Å². The van der Waals surface area contributed by atoms with Crippen molar-refractivity contribution in [2.75, 3.05) is 5.32 Å². The van der Waals surface area contributed by atoms with Crippen molar-refractivity contribution < 1.29 is 13.9 Å². The van der Waals surface area contributed by atoms with Crippen molar-refractivity contribution in [1.82, 2.24) is 14.8 Å². The molecule has 1 aliphatic heterocycles. The van der Waals surface area contributed by atoms with Crippen LogP contribution in [0.15, 0.2) is 72.2 Å². The van der Waals surface area contributed by atoms with Gasteiger partial charge in [0.1, 0.15) is 24.8 Å². The van der Waals surface area contributed by atoms with Crippen molar-refractivity contribution in [3.05, 3.63) is 89.1 Å². The van der Waals surface area contributed by atoms with Crippen LogP contribution in [0.1, 0.15) is 24.1 Å². The fraction of sp³-hybridized carbons (Fsp3) is 0.150. The minimum Gasteiger partial charge on any atom is -0.457 e. The summed E-state index contributed by atoms with van der Waals surface area (Å²) >= 11 is 0. The second-order valence-electron chi connectivity index (χ2n) is 6.21. The number of carbonyl (C=O) groups is 1. The van der Waals surface area contributed by atoms with Crippen LogP contribution in [0.4, 0.5) is 10.3 Å². The van der Waals surface area contributed by atoms with Crippen molar-refractivity contribution in [3.8, 4) is 0 Å². The van der Waals surface area contributed by atoms with Gasteiger partial charge in [0.2, 0.25) is 5.95 Å². The van der Waals surface area contributed by atoms with E-state index in [-0.39, 0.29) is 12.4 Å². The van der Waals surface area contributed by atoms with Gasteiger partial charge in [0.15, 0.2) is 0 Å². The Kier molecular flexibility index (Phi) is 4.42. The number of esters is 1. The van der Waals surface area contributed by atoms with Gasteiger partial charge in [0, 0.05) is 5.70 Å². The van der Waals surface area contributed by atoms with Crippen molar-refractivity contribution in [3.63, 3.8) is 0 Å². The molecule has 136 valence electrons. The number of carbonyl (C=O) groups excluding carboxylic acids is 1. The Hall–Kier alpha value is -3.48. The molecule has 1 atom stereocenters. The minimum atomic E-state index is -0.548. The van der Waals surface area contributed by atoms with Crippen molar-refractivity contribution in [1.29, 1.82) is 0 Å². The van der Waals surface area contributed by atoms with E-state index < -0.39 is 12.0 Å². The van der Waals surface area contributed by atoms with E-state index in [0.29, 0.717) is 17.2 Å². The summed E-state index contributed by atoms with van der Waals surface area (Å²) in [7, 11) is 0. The summed E-state index contributed by atoms with van der Waals surface area (Å²) in [4.78, 5) is 17.1. The topological polar surface area (TPSA) is 69.0 Å². The number of aromatic nitrogens is 3. The summed E-state index contributed by atoms with van der Waals surface area (Å²) in [6.07, 6.45) is 1.41. The molecule has 1 N–H and O–H groups in total. The van der Waals surface area contributed by atoms with E-state index in [1.807, 2.05) is 30.3 Å². The fourth-order valence-electron chi connectivity index (χ4n) is 3.11. The van der Waals surface area contributed by atoms with Crippen LogP contribution in [0.5, 0.6) is 0 Å². The molecule has 0 radical (unpaired) electrons. The summed E-state index contributed by atoms with van der Waals surface area (Å²) in [5, 5.41) is 7.30. The first kappa shape index (κ1) is 17.0. The zero-order valence-electron chi connectivity index (χ0n) is 14.6. The van der Waals surface area contributed by atoms with Gasteiger partial charge in [-0.3, -0.25) is 0 Å². The average Bonchev–Trinajstić information content (AvgIpc) is 3.14. The third-order valence-corrected chi connectivity index (χ3v) is 4.41. The Bertz CT molecular complexity index is 996. The highest BCUT2D eigenvalue weighted by atomic mass is 19.1. The Balaban J connectivity index is 1.67. The lowest BCUT2D eigenvalue weighted by atomic mass is 9.96. The molecule has 1 aliphatic rings. The molecule has 7 heteroatoms. The van der Waals surface area contributed by atoms with Gasteiger partial charge in [0.05, 0.1) is 5.57 Å². The second-order valence-corrected chi connectivity index (χ2v) is 6.21. The summed E-state index contributed by atoms with van der Waals surface area (Å²) in [6.45, 7) is 1.95. The van der Waals surface area contributed by atoms with E-state index in [1.54, 1.807) is 23.7 Å². The largest absolute Gasteiger partial charge is 0.457 e. The second kappa shape index (κ2) is 7.03. The van der Waals surface area contributed by atoms with Crippen molar-refractivity contribution in [2.45, 2.75) is 19.6 Å². The number of hydrogen-bond acceptors (Lipinski definition) is 5. The van der Waals surface area contributed by atoms with Crippen LogP contribution in [-0.2, 0) is 16.1 Å². The molecule has 0 fully saturated rings. The average molecular weight is 364 g/mol. The SMILES string of the molecule is CC1=C(C(=O)OCc2ccccc2)[C@@H](c2ccc(F)cc2)n2ncnc2N1. The van der Waals surface area contributed by atoms with Crippen LogP contribution in [-0.4, -0.2) is 20.7 Å². The maximum atomic E-state index is 13.4. The molecule has 0 unspecified atom stereocenters. The molecule has 0 saturated carbocycles. The first-order valence-electron chi connectivity index (χ1n) is 8.47. The van der Waals surface area contributed by atoms with Gasteiger partial charge in [-0.05, 0) is 30.2 Å². The Morgan fingerprint density at radius 1 is 1.19 bits per heavy atom. The highest BCUT2D eigenvalue weighted by molar-refractivity contribution is 5.92. The lowest BCUT2D eigenvalue weighted by molar-refractivity contribution is -0.140. The smallest absolute Gasteiger partial charge is 0.338 e. The number of fused-ring (bicyclic) bond motifs is 1. The summed E-state index contributed by atoms with van der Waals surface area (Å²) in [5.41, 5.74) is 2.65. The molecule has 27 heavy (non-hydrogen) atoms. The van der Waals surface area contributed by atoms with Crippen LogP contribution in [0.2, 0.25) is 0 Å². The van der Waals surface area contributed by atoms with E-state index >= 15 is 0 Å². The third kappa shape index (κ3) is 3.31. The highest BCUT2D eigenvalue weighted by Crippen LogP contribution is 2.35. The lowest BCUT2D eigenvalue weighted by Gasteiger charge is -2.28. The number of allylic oxidation sites excluding steroid dienone is 1. The number of rotatable bonds is 4. The zero-order chi connectivity index (χ0) is 18.8. The van der Waals surface area contributed by atoms with E-state index in [9.17, 15) is 9.18 Å². The van der Waals surface area contributed by atoms with Crippen molar-refractivity contribution in [2.24, 2.45) is 0 Å². The number of ether oxygens (including phenoxy) is 1. The zero-order valence-corrected chi connectivity index (χ0v) is 14.6. The monoisotopic (exact) mass is 364 g/mol. The first-order valence-corrected chi connectivity index (χ1v) is 8.47. The standard InChI is InChI=1S/C20H17FN4O2/c1-13-17(19(26)27-11-14-5-3-2-4-6-14)18(15-7-9-16(21)10-8-15)25-20(24-13)22-12-23-25/h2-10,12,18H,11H2,1H3,(H,22,23,24)/t18-/m1/s1. The van der Waals surface area contributed by atoms with Crippen LogP contribution in [0.3, 0.4) is 0 Å². The van der Waals surface area contributed by atoms with Gasteiger partial charge in [-0.2, -0.15) is 10.1 Å².